The van der Waals surface area contributed by atoms with Crippen LogP contribution in [-0.4, -0.2) is 48.6 Å². The van der Waals surface area contributed by atoms with E-state index in [-0.39, 0.29) is 28.7 Å². The van der Waals surface area contributed by atoms with Crippen molar-refractivity contribution < 1.29 is 17.9 Å². The van der Waals surface area contributed by atoms with E-state index >= 15 is 0 Å². The Hall–Kier alpha value is -1.60. The number of para-hydroxylation sites is 1. The van der Waals surface area contributed by atoms with Gasteiger partial charge in [0.15, 0.2) is 0 Å². The molecule has 1 N–H and O–H groups in total. The highest BCUT2D eigenvalue weighted by atomic mass is 32.2. The van der Waals surface area contributed by atoms with E-state index in [0.717, 1.165) is 30.6 Å². The van der Waals surface area contributed by atoms with Crippen LogP contribution in [0.2, 0.25) is 0 Å². The van der Waals surface area contributed by atoms with E-state index < -0.39 is 10.0 Å². The Labute approximate surface area is 167 Å². The molecule has 2 fully saturated rings. The molecule has 1 saturated carbocycles. The molecule has 1 aromatic carbocycles. The highest BCUT2D eigenvalue weighted by molar-refractivity contribution is 7.90. The zero-order valence-corrected chi connectivity index (χ0v) is 17.5. The van der Waals surface area contributed by atoms with Gasteiger partial charge in [0.1, 0.15) is 11.4 Å². The second-order valence-corrected chi connectivity index (χ2v) is 11.0. The number of fused-ring (bicyclic) bond motifs is 1. The number of piperidine rings is 1. The predicted molar refractivity (Wildman–Crippen MR) is 108 cm³/mol. The smallest absolute Gasteiger partial charge is 0.220 e. The van der Waals surface area contributed by atoms with Gasteiger partial charge in [0.25, 0.3) is 0 Å². The lowest BCUT2D eigenvalue weighted by Gasteiger charge is -2.46. The summed E-state index contributed by atoms with van der Waals surface area (Å²) in [5.74, 6) is 0.991. The highest BCUT2D eigenvalue weighted by Crippen LogP contribution is 2.47. The molecule has 6 nitrogen and oxygen atoms in total. The van der Waals surface area contributed by atoms with Crippen LogP contribution in [0.5, 0.6) is 5.75 Å². The normalized spacial score (nSPS) is 24.6. The molecule has 1 spiro atoms. The van der Waals surface area contributed by atoms with Gasteiger partial charge in [-0.3, -0.25) is 4.79 Å². The average Bonchev–Trinajstić information content (AvgIpc) is 3.47. The van der Waals surface area contributed by atoms with Crippen molar-refractivity contribution in [1.82, 2.24) is 9.62 Å². The number of sulfonamides is 1. The fraction of sp³-hybridized carbons (Fsp3) is 0.667. The van der Waals surface area contributed by atoms with Crippen LogP contribution in [0.15, 0.2) is 24.3 Å². The molecular weight excluding hydrogens is 376 g/mol. The molecule has 1 aliphatic carbocycles. The zero-order chi connectivity index (χ0) is 19.9. The lowest BCUT2D eigenvalue weighted by atomic mass is 9.76. The molecule has 1 amide bonds. The monoisotopic (exact) mass is 406 g/mol. The third-order valence-electron chi connectivity index (χ3n) is 6.12. The van der Waals surface area contributed by atoms with Gasteiger partial charge in [0, 0.05) is 44.3 Å². The minimum atomic E-state index is -3.14. The summed E-state index contributed by atoms with van der Waals surface area (Å²) >= 11 is 0. The van der Waals surface area contributed by atoms with Crippen LogP contribution in [0.4, 0.5) is 0 Å². The molecule has 2 heterocycles. The molecule has 1 unspecified atom stereocenters. The number of carbonyl (C=O) groups excluding carboxylic acids is 1. The molecule has 0 radical (unpaired) electrons. The molecule has 1 saturated heterocycles. The quantitative estimate of drug-likeness (QED) is 0.816. The number of hydrogen-bond donors (Lipinski definition) is 1. The van der Waals surface area contributed by atoms with Crippen LogP contribution < -0.4 is 10.1 Å². The van der Waals surface area contributed by atoms with Crippen molar-refractivity contribution in [2.24, 2.45) is 0 Å². The number of amides is 1. The van der Waals surface area contributed by atoms with Gasteiger partial charge in [0.2, 0.25) is 15.9 Å². The van der Waals surface area contributed by atoms with Crippen molar-refractivity contribution >= 4 is 15.9 Å². The van der Waals surface area contributed by atoms with Gasteiger partial charge in [-0.2, -0.15) is 0 Å². The molecule has 28 heavy (non-hydrogen) atoms. The van der Waals surface area contributed by atoms with Crippen molar-refractivity contribution in [3.63, 3.8) is 0 Å². The highest BCUT2D eigenvalue weighted by Gasteiger charge is 2.48. The van der Waals surface area contributed by atoms with Crippen molar-refractivity contribution in [2.45, 2.75) is 75.2 Å². The molecule has 7 heteroatoms. The maximum atomic E-state index is 12.6. The summed E-state index contributed by atoms with van der Waals surface area (Å²) in [5.41, 5.74) is 0.701. The Kier molecular flexibility index (Phi) is 5.16. The zero-order valence-electron chi connectivity index (χ0n) is 16.7. The van der Waals surface area contributed by atoms with Gasteiger partial charge in [-0.15, -0.1) is 0 Å². The van der Waals surface area contributed by atoms with E-state index in [1.54, 1.807) is 4.31 Å². The summed E-state index contributed by atoms with van der Waals surface area (Å²) in [4.78, 5) is 12.4. The lowest BCUT2D eigenvalue weighted by molar-refractivity contribution is -0.122. The average molecular weight is 407 g/mol. The lowest BCUT2D eigenvalue weighted by Crippen LogP contribution is -2.52. The van der Waals surface area contributed by atoms with Gasteiger partial charge >= 0.3 is 0 Å². The summed E-state index contributed by atoms with van der Waals surface area (Å²) in [7, 11) is -3.14. The molecule has 1 aromatic rings. The fourth-order valence-corrected chi connectivity index (χ4v) is 6.41. The van der Waals surface area contributed by atoms with Crippen molar-refractivity contribution in [2.75, 3.05) is 13.1 Å². The van der Waals surface area contributed by atoms with Crippen LogP contribution in [0.25, 0.3) is 0 Å². The molecule has 4 rings (SSSR count). The van der Waals surface area contributed by atoms with Crippen molar-refractivity contribution in [3.8, 4) is 5.75 Å². The number of carbonyl (C=O) groups is 1. The summed E-state index contributed by atoms with van der Waals surface area (Å²) in [5, 5.41) is 2.83. The second-order valence-electron chi connectivity index (χ2n) is 8.79. The first kappa shape index (κ1) is 19.7. The van der Waals surface area contributed by atoms with E-state index in [2.05, 4.69) is 5.32 Å². The predicted octanol–water partition coefficient (Wildman–Crippen LogP) is 2.79. The van der Waals surface area contributed by atoms with Crippen molar-refractivity contribution in [3.05, 3.63) is 29.8 Å². The Balaban J connectivity index is 1.51. The maximum absolute atomic E-state index is 12.6. The molecule has 154 valence electrons. The molecular formula is C21H30N2O4S. The number of hydrogen-bond acceptors (Lipinski definition) is 4. The van der Waals surface area contributed by atoms with E-state index in [1.165, 1.54) is 0 Å². The fourth-order valence-electron chi connectivity index (χ4n) is 4.56. The third kappa shape index (κ3) is 3.92. The Morgan fingerprint density at radius 3 is 2.57 bits per heavy atom. The molecule has 2 aliphatic heterocycles. The third-order valence-corrected chi connectivity index (χ3v) is 8.52. The largest absolute Gasteiger partial charge is 0.487 e. The minimum Gasteiger partial charge on any atom is -0.487 e. The number of nitrogens with one attached hydrogen (secondary N) is 1. The summed E-state index contributed by atoms with van der Waals surface area (Å²) in [6.45, 7) is 4.94. The Morgan fingerprint density at radius 1 is 1.25 bits per heavy atom. The SMILES string of the molecule is CC(C)NC(=O)CC1CC2(CCN(S(=O)(=O)C3CC3)CC2)Oc2ccccc21. The first-order valence-corrected chi connectivity index (χ1v) is 11.9. The Bertz CT molecular complexity index is 840. The van der Waals surface area contributed by atoms with E-state index in [0.29, 0.717) is 32.4 Å². The van der Waals surface area contributed by atoms with Crippen LogP contribution in [0, 0.1) is 0 Å². The number of benzene rings is 1. The number of ether oxygens (including phenoxy) is 1. The summed E-state index contributed by atoms with van der Waals surface area (Å²) in [6, 6.07) is 8.07. The molecule has 0 bridgehead atoms. The van der Waals surface area contributed by atoms with E-state index in [4.69, 9.17) is 4.74 Å². The first-order valence-electron chi connectivity index (χ1n) is 10.4. The molecule has 1 atom stereocenters. The van der Waals surface area contributed by atoms with E-state index in [9.17, 15) is 13.2 Å². The standard InChI is InChI=1S/C21H30N2O4S/c1-15(2)22-20(24)13-16-14-21(27-19-6-4-3-5-18(16)19)9-11-23(12-10-21)28(25,26)17-7-8-17/h3-6,15-17H,7-14H2,1-2H3,(H,22,24). The number of rotatable bonds is 5. The maximum Gasteiger partial charge on any atom is 0.220 e. The summed E-state index contributed by atoms with van der Waals surface area (Å²) < 4.78 is 33.2. The second kappa shape index (κ2) is 7.34. The minimum absolute atomic E-state index is 0.0561. The first-order chi connectivity index (χ1) is 13.3. The van der Waals surface area contributed by atoms with Gasteiger partial charge in [-0.1, -0.05) is 18.2 Å². The van der Waals surface area contributed by atoms with Gasteiger partial charge in [0.05, 0.1) is 5.25 Å². The number of nitrogens with zero attached hydrogens (tertiary/aromatic N) is 1. The molecule has 0 aromatic heterocycles. The van der Waals surface area contributed by atoms with E-state index in [1.807, 2.05) is 38.1 Å². The van der Waals surface area contributed by atoms with Crippen LogP contribution in [-0.2, 0) is 14.8 Å². The van der Waals surface area contributed by atoms with Crippen LogP contribution in [0.1, 0.15) is 63.9 Å². The van der Waals surface area contributed by atoms with Gasteiger partial charge in [-0.05, 0) is 44.7 Å². The topological polar surface area (TPSA) is 75.7 Å². The summed E-state index contributed by atoms with van der Waals surface area (Å²) in [6.07, 6.45) is 4.13. The van der Waals surface area contributed by atoms with Gasteiger partial charge < -0.3 is 10.1 Å². The van der Waals surface area contributed by atoms with Crippen LogP contribution >= 0.6 is 0 Å². The molecule has 3 aliphatic rings. The Morgan fingerprint density at radius 2 is 1.93 bits per heavy atom. The van der Waals surface area contributed by atoms with Crippen molar-refractivity contribution in [1.29, 1.82) is 0 Å². The van der Waals surface area contributed by atoms with Crippen LogP contribution in [0.3, 0.4) is 0 Å². The van der Waals surface area contributed by atoms with Gasteiger partial charge in [-0.25, -0.2) is 12.7 Å².